The van der Waals surface area contributed by atoms with Gasteiger partial charge in [0, 0.05) is 0 Å². The fraction of sp³-hybridized carbons (Fsp3) is 1.00. The van der Waals surface area contributed by atoms with Crippen LogP contribution in [0.4, 0.5) is 0 Å². The molecule has 0 aromatic heterocycles. The fourth-order valence-electron chi connectivity index (χ4n) is 1.43. The molecule has 0 unspecified atom stereocenters. The predicted molar refractivity (Wildman–Crippen MR) is 74.6 cm³/mol. The van der Waals surface area contributed by atoms with Gasteiger partial charge in [0.25, 0.3) is 0 Å². The number of hydrogen-bond acceptors (Lipinski definition) is 0. The number of rotatable bonds is 1. The molecule has 1 aliphatic carbocycles. The van der Waals surface area contributed by atoms with Crippen LogP contribution in [0.5, 0.6) is 0 Å². The Morgan fingerprint density at radius 1 is 0.900 bits per heavy atom. The second kappa shape index (κ2) is 5.02. The minimum absolute atomic E-state index is 1.17. The van der Waals surface area contributed by atoms with Crippen molar-refractivity contribution in [3.63, 3.8) is 0 Å². The van der Waals surface area contributed by atoms with Crippen molar-refractivity contribution >= 4 is 62.4 Å². The Hall–Kier alpha value is 2.99. The van der Waals surface area contributed by atoms with Gasteiger partial charge in [-0.1, -0.05) is 0 Å². The van der Waals surface area contributed by atoms with Crippen molar-refractivity contribution in [3.8, 4) is 0 Å². The summed E-state index contributed by atoms with van der Waals surface area (Å²) in [6.45, 7) is -1.53. The van der Waals surface area contributed by atoms with Crippen molar-refractivity contribution in [3.05, 3.63) is 0 Å². The molecule has 0 aromatic carbocycles. The van der Waals surface area contributed by atoms with Gasteiger partial charge in [0.2, 0.25) is 0 Å². The van der Waals surface area contributed by atoms with Crippen molar-refractivity contribution in [2.24, 2.45) is 0 Å². The molecule has 4 heteroatoms. The van der Waals surface area contributed by atoms with E-state index >= 15 is 0 Å². The first-order chi connectivity index (χ1) is 4.61. The Bertz CT molecular complexity index is 104. The molecule has 0 nitrogen and oxygen atoms in total. The third-order valence-electron chi connectivity index (χ3n) is 2.07. The molecule has 0 atom stereocenters. The van der Waals surface area contributed by atoms with E-state index in [1.165, 1.54) is 23.2 Å². The summed E-state index contributed by atoms with van der Waals surface area (Å²) in [6, 6.07) is 0. The Labute approximate surface area is 96.1 Å². The van der Waals surface area contributed by atoms with E-state index < -0.39 is 6.47 Å². The van der Waals surface area contributed by atoms with E-state index in [1.54, 1.807) is 12.8 Å². The van der Waals surface area contributed by atoms with Gasteiger partial charge >= 0.3 is 98.4 Å². The first-order valence-corrected chi connectivity index (χ1v) is 30.3. The molecule has 60 valence electrons. The van der Waals surface area contributed by atoms with Gasteiger partial charge in [-0.15, -0.1) is 0 Å². The quantitative estimate of drug-likeness (QED) is 0.314. The summed E-state index contributed by atoms with van der Waals surface area (Å²) in [5, 5.41) is 0. The first-order valence-electron chi connectivity index (χ1n) is 3.67. The molecule has 1 rings (SSSR count). The van der Waals surface area contributed by atoms with Crippen molar-refractivity contribution < 1.29 is 0 Å². The zero-order valence-corrected chi connectivity index (χ0v) is 15.1. The van der Waals surface area contributed by atoms with Gasteiger partial charge in [-0.25, -0.2) is 0 Å². The summed E-state index contributed by atoms with van der Waals surface area (Å²) < 4.78 is 1.17. The Morgan fingerprint density at radius 2 is 1.40 bits per heavy atom. The molecule has 0 N–H and O–H groups in total. The predicted octanol–water partition coefficient (Wildman–Crippen LogP) is 4.56. The molecule has 0 radical (unpaired) electrons. The number of hydrogen-bond donors (Lipinski definition) is 0. The molecule has 0 aromatic rings. The first kappa shape index (κ1) is 11.1. The molecule has 1 fully saturated rings. The van der Waals surface area contributed by atoms with Crippen LogP contribution in [-0.2, 0) is 0 Å². The van der Waals surface area contributed by atoms with Crippen LogP contribution in [0.3, 0.4) is 0 Å². The molecule has 0 saturated heterocycles. The summed E-state index contributed by atoms with van der Waals surface area (Å²) in [6.07, 6.45) is 7.62. The maximum absolute atomic E-state index is 2.78. The van der Waals surface area contributed by atoms with E-state index in [-0.39, 0.29) is 0 Å². The van der Waals surface area contributed by atoms with Crippen molar-refractivity contribution in [2.75, 3.05) is 0 Å². The van der Waals surface area contributed by atoms with Crippen molar-refractivity contribution in [1.29, 1.82) is 0 Å². The third-order valence-corrected chi connectivity index (χ3v) is 24.1. The maximum atomic E-state index is 2.78. The van der Waals surface area contributed by atoms with Gasteiger partial charge in [0.15, 0.2) is 0 Å². The topological polar surface area (TPSA) is 0 Å². The SMILES string of the molecule is [I][Sn]([I])([I])[CH]1CCCCC1. The fourth-order valence-corrected chi connectivity index (χ4v) is 17.0. The van der Waals surface area contributed by atoms with Gasteiger partial charge in [0.1, 0.15) is 0 Å². The molecule has 1 saturated carbocycles. The van der Waals surface area contributed by atoms with E-state index in [0.717, 1.165) is 0 Å². The van der Waals surface area contributed by atoms with Gasteiger partial charge in [-0.05, 0) is 0 Å². The monoisotopic (exact) mass is 584 g/mol. The Balaban J connectivity index is 2.39. The van der Waals surface area contributed by atoms with Crippen LogP contribution in [0, 0.1) is 0 Å². The molecule has 0 spiro atoms. The van der Waals surface area contributed by atoms with Crippen molar-refractivity contribution in [1.82, 2.24) is 0 Å². The summed E-state index contributed by atoms with van der Waals surface area (Å²) in [5.74, 6) is 0. The van der Waals surface area contributed by atoms with E-state index in [1.807, 2.05) is 0 Å². The third kappa shape index (κ3) is 3.80. The van der Waals surface area contributed by atoms with Crippen molar-refractivity contribution in [2.45, 2.75) is 36.0 Å². The van der Waals surface area contributed by atoms with E-state index in [4.69, 9.17) is 0 Å². The average Bonchev–Trinajstić information content (AvgIpc) is 1.88. The van der Waals surface area contributed by atoms with Crippen LogP contribution >= 0.6 is 55.9 Å². The standard InChI is InChI=1S/C6H11.3HI.Sn/c1-2-4-6-5-3-1;;;;/h1H,2-6H2;3*1H;/q;;;;+3/p-3. The van der Waals surface area contributed by atoms with Gasteiger partial charge < -0.3 is 0 Å². The number of halogens is 3. The molecule has 0 amide bonds. The van der Waals surface area contributed by atoms with E-state index in [0.29, 0.717) is 0 Å². The van der Waals surface area contributed by atoms with Crippen LogP contribution in [0.15, 0.2) is 0 Å². The van der Waals surface area contributed by atoms with Crippen LogP contribution in [-0.4, -0.2) is 6.47 Å². The molecule has 10 heavy (non-hydrogen) atoms. The van der Waals surface area contributed by atoms with Crippen LogP contribution in [0.1, 0.15) is 32.1 Å². The van der Waals surface area contributed by atoms with Crippen LogP contribution in [0.25, 0.3) is 0 Å². The molecular formula is C6H11I3Sn. The summed E-state index contributed by atoms with van der Waals surface area (Å²) >= 11 is 8.34. The minimum atomic E-state index is -1.53. The Kier molecular flexibility index (Phi) is 5.55. The normalized spacial score (nSPS) is 23.1. The summed E-state index contributed by atoms with van der Waals surface area (Å²) in [4.78, 5) is 0. The van der Waals surface area contributed by atoms with Crippen LogP contribution < -0.4 is 0 Å². The molecule has 0 aliphatic heterocycles. The zero-order valence-electron chi connectivity index (χ0n) is 5.75. The molecular weight excluding hydrogens is 571 g/mol. The van der Waals surface area contributed by atoms with Crippen LogP contribution in [0.2, 0.25) is 3.93 Å². The second-order valence-electron chi connectivity index (χ2n) is 2.88. The molecule has 1 aliphatic rings. The van der Waals surface area contributed by atoms with Gasteiger partial charge in [-0.3, -0.25) is 0 Å². The average molecular weight is 583 g/mol. The van der Waals surface area contributed by atoms with Gasteiger partial charge in [-0.2, -0.15) is 0 Å². The molecule has 0 heterocycles. The Morgan fingerprint density at radius 3 is 1.70 bits per heavy atom. The summed E-state index contributed by atoms with van der Waals surface area (Å²) in [5.41, 5.74) is 0. The summed E-state index contributed by atoms with van der Waals surface area (Å²) in [7, 11) is 0. The van der Waals surface area contributed by atoms with E-state index in [2.05, 4.69) is 55.9 Å². The van der Waals surface area contributed by atoms with E-state index in [9.17, 15) is 0 Å². The zero-order chi connectivity index (χ0) is 7.61. The van der Waals surface area contributed by atoms with Gasteiger partial charge in [0.05, 0.1) is 0 Å². The molecule has 0 bridgehead atoms. The second-order valence-corrected chi connectivity index (χ2v) is 84.1.